The van der Waals surface area contributed by atoms with Crippen molar-refractivity contribution in [1.29, 1.82) is 0 Å². The largest absolute Gasteiger partial charge is 0.417 e. The van der Waals surface area contributed by atoms with Crippen LogP contribution >= 0.6 is 0 Å². The van der Waals surface area contributed by atoms with Gasteiger partial charge in [-0.2, -0.15) is 18.3 Å². The van der Waals surface area contributed by atoms with Crippen LogP contribution in [0.3, 0.4) is 0 Å². The summed E-state index contributed by atoms with van der Waals surface area (Å²) in [5.74, 6) is 0.582. The van der Waals surface area contributed by atoms with Crippen LogP contribution in [0.15, 0.2) is 18.3 Å². The van der Waals surface area contributed by atoms with Crippen LogP contribution in [0.2, 0.25) is 0 Å². The van der Waals surface area contributed by atoms with E-state index in [2.05, 4.69) is 15.4 Å². The van der Waals surface area contributed by atoms with E-state index < -0.39 is 11.7 Å². The number of hydrogen-bond acceptors (Lipinski definition) is 3. The molecule has 1 unspecified atom stereocenters. The van der Waals surface area contributed by atoms with Gasteiger partial charge in [0.05, 0.1) is 5.56 Å². The Labute approximate surface area is 107 Å². The first-order chi connectivity index (χ1) is 9.02. The molecule has 0 bridgehead atoms. The van der Waals surface area contributed by atoms with E-state index in [1.54, 1.807) is 0 Å². The summed E-state index contributed by atoms with van der Waals surface area (Å²) in [6.45, 7) is 0.982. The third kappa shape index (κ3) is 2.56. The SMILES string of the molecule is FC(F)(F)c1ccc2nc(CC3CCCN3)nn2c1. The molecule has 0 spiro atoms. The molecule has 0 aliphatic carbocycles. The van der Waals surface area contributed by atoms with Crippen LogP contribution in [0.25, 0.3) is 5.65 Å². The zero-order valence-corrected chi connectivity index (χ0v) is 10.1. The molecule has 1 saturated heterocycles. The maximum absolute atomic E-state index is 12.6. The summed E-state index contributed by atoms with van der Waals surface area (Å²) < 4.78 is 38.9. The summed E-state index contributed by atoms with van der Waals surface area (Å²) >= 11 is 0. The Balaban J connectivity index is 1.87. The molecule has 3 heterocycles. The van der Waals surface area contributed by atoms with Gasteiger partial charge in [-0.25, -0.2) is 9.50 Å². The maximum atomic E-state index is 12.6. The van der Waals surface area contributed by atoms with Gasteiger partial charge in [0, 0.05) is 18.7 Å². The van der Waals surface area contributed by atoms with Gasteiger partial charge in [-0.05, 0) is 31.5 Å². The quantitative estimate of drug-likeness (QED) is 0.908. The highest BCUT2D eigenvalue weighted by Crippen LogP contribution is 2.28. The van der Waals surface area contributed by atoms with Gasteiger partial charge in [0.25, 0.3) is 0 Å². The van der Waals surface area contributed by atoms with Crippen LogP contribution in [0.1, 0.15) is 24.2 Å². The van der Waals surface area contributed by atoms with E-state index in [4.69, 9.17) is 0 Å². The fourth-order valence-electron chi connectivity index (χ4n) is 2.33. The summed E-state index contributed by atoms with van der Waals surface area (Å²) in [6, 6.07) is 2.71. The van der Waals surface area contributed by atoms with Crippen LogP contribution in [-0.4, -0.2) is 27.2 Å². The van der Waals surface area contributed by atoms with Crippen molar-refractivity contribution in [3.8, 4) is 0 Å². The number of rotatable bonds is 2. The van der Waals surface area contributed by atoms with Crippen LogP contribution in [0.4, 0.5) is 13.2 Å². The van der Waals surface area contributed by atoms with E-state index in [-0.39, 0.29) is 0 Å². The van der Waals surface area contributed by atoms with E-state index in [0.29, 0.717) is 23.9 Å². The van der Waals surface area contributed by atoms with Crippen molar-refractivity contribution >= 4 is 5.65 Å². The summed E-state index contributed by atoms with van der Waals surface area (Å²) in [6.07, 6.45) is -0.538. The summed E-state index contributed by atoms with van der Waals surface area (Å²) in [5, 5.41) is 7.43. The predicted octanol–water partition coefficient (Wildman–Crippen LogP) is 2.04. The van der Waals surface area contributed by atoms with E-state index in [1.165, 1.54) is 10.6 Å². The third-order valence-electron chi connectivity index (χ3n) is 3.29. The van der Waals surface area contributed by atoms with Crippen molar-refractivity contribution in [1.82, 2.24) is 19.9 Å². The molecule has 0 amide bonds. The summed E-state index contributed by atoms with van der Waals surface area (Å²) in [4.78, 5) is 4.24. The molecule has 2 aromatic heterocycles. The van der Waals surface area contributed by atoms with Crippen LogP contribution in [-0.2, 0) is 12.6 Å². The molecular weight excluding hydrogens is 257 g/mol. The smallest absolute Gasteiger partial charge is 0.314 e. The molecule has 1 N–H and O–H groups in total. The van der Waals surface area contributed by atoms with Crippen molar-refractivity contribution in [3.05, 3.63) is 29.7 Å². The van der Waals surface area contributed by atoms with Crippen LogP contribution in [0, 0.1) is 0 Å². The first-order valence-corrected chi connectivity index (χ1v) is 6.18. The van der Waals surface area contributed by atoms with Gasteiger partial charge in [0.2, 0.25) is 0 Å². The fraction of sp³-hybridized carbons (Fsp3) is 0.500. The van der Waals surface area contributed by atoms with Gasteiger partial charge >= 0.3 is 6.18 Å². The number of hydrogen-bond donors (Lipinski definition) is 1. The lowest BCUT2D eigenvalue weighted by atomic mass is 10.1. The van der Waals surface area contributed by atoms with Crippen LogP contribution < -0.4 is 5.32 Å². The van der Waals surface area contributed by atoms with Gasteiger partial charge in [-0.15, -0.1) is 0 Å². The summed E-state index contributed by atoms with van der Waals surface area (Å²) in [5.41, 5.74) is -0.267. The highest BCUT2D eigenvalue weighted by molar-refractivity contribution is 5.39. The summed E-state index contributed by atoms with van der Waals surface area (Å²) in [7, 11) is 0. The van der Waals surface area contributed by atoms with E-state index in [1.807, 2.05) is 0 Å². The van der Waals surface area contributed by atoms with Gasteiger partial charge in [-0.3, -0.25) is 0 Å². The second-order valence-electron chi connectivity index (χ2n) is 4.74. The molecular formula is C12H13F3N4. The minimum absolute atomic E-state index is 0.333. The first-order valence-electron chi connectivity index (χ1n) is 6.18. The lowest BCUT2D eigenvalue weighted by Crippen LogP contribution is -2.24. The standard InChI is InChI=1S/C12H13F3N4/c13-12(14,15)8-3-4-11-17-10(18-19(11)7-8)6-9-2-1-5-16-9/h3-4,7,9,16H,1-2,5-6H2. The van der Waals surface area contributed by atoms with E-state index in [9.17, 15) is 13.2 Å². The Morgan fingerprint density at radius 2 is 2.21 bits per heavy atom. The Hall–Kier alpha value is -1.63. The van der Waals surface area contributed by atoms with Gasteiger partial charge < -0.3 is 5.32 Å². The monoisotopic (exact) mass is 270 g/mol. The third-order valence-corrected chi connectivity index (χ3v) is 3.29. The number of pyridine rings is 1. The van der Waals surface area contributed by atoms with Gasteiger partial charge in [-0.1, -0.05) is 0 Å². The molecule has 7 heteroatoms. The average molecular weight is 270 g/mol. The molecule has 19 heavy (non-hydrogen) atoms. The van der Waals surface area contributed by atoms with Crippen LogP contribution in [0.5, 0.6) is 0 Å². The molecule has 0 saturated carbocycles. The fourth-order valence-corrected chi connectivity index (χ4v) is 2.33. The zero-order valence-electron chi connectivity index (χ0n) is 10.1. The number of alkyl halides is 3. The Morgan fingerprint density at radius 1 is 1.37 bits per heavy atom. The Kier molecular flexibility index (Phi) is 2.93. The maximum Gasteiger partial charge on any atom is 0.417 e. The van der Waals surface area contributed by atoms with Gasteiger partial charge in [0.15, 0.2) is 11.5 Å². The molecule has 2 aromatic rings. The second kappa shape index (κ2) is 4.48. The molecule has 3 rings (SSSR count). The highest BCUT2D eigenvalue weighted by atomic mass is 19.4. The number of halogens is 3. The molecule has 1 aliphatic rings. The van der Waals surface area contributed by atoms with Crippen molar-refractivity contribution < 1.29 is 13.2 Å². The molecule has 0 radical (unpaired) electrons. The topological polar surface area (TPSA) is 42.2 Å². The molecule has 102 valence electrons. The molecule has 1 atom stereocenters. The molecule has 1 fully saturated rings. The normalized spacial score (nSPS) is 20.3. The molecule has 0 aromatic carbocycles. The Bertz CT molecular complexity index is 584. The number of aromatic nitrogens is 3. The zero-order chi connectivity index (χ0) is 13.5. The number of nitrogens with one attached hydrogen (secondary N) is 1. The highest BCUT2D eigenvalue weighted by Gasteiger charge is 2.31. The van der Waals surface area contributed by atoms with E-state index >= 15 is 0 Å². The van der Waals surface area contributed by atoms with Crippen molar-refractivity contribution in [2.24, 2.45) is 0 Å². The van der Waals surface area contributed by atoms with E-state index in [0.717, 1.165) is 31.6 Å². The number of nitrogens with zero attached hydrogens (tertiary/aromatic N) is 3. The van der Waals surface area contributed by atoms with Gasteiger partial charge in [0.1, 0.15) is 0 Å². The van der Waals surface area contributed by atoms with Crippen molar-refractivity contribution in [3.63, 3.8) is 0 Å². The lowest BCUT2D eigenvalue weighted by molar-refractivity contribution is -0.137. The average Bonchev–Trinajstić information content (AvgIpc) is 2.95. The van der Waals surface area contributed by atoms with Crippen molar-refractivity contribution in [2.45, 2.75) is 31.5 Å². The minimum Gasteiger partial charge on any atom is -0.314 e. The molecule has 1 aliphatic heterocycles. The predicted molar refractivity (Wildman–Crippen MR) is 62.7 cm³/mol. The Morgan fingerprint density at radius 3 is 2.89 bits per heavy atom. The number of fused-ring (bicyclic) bond motifs is 1. The second-order valence-corrected chi connectivity index (χ2v) is 4.74. The minimum atomic E-state index is -4.35. The lowest BCUT2D eigenvalue weighted by Gasteiger charge is -2.05. The van der Waals surface area contributed by atoms with Crippen molar-refractivity contribution in [2.75, 3.05) is 6.54 Å². The first kappa shape index (κ1) is 12.4. The molecule has 4 nitrogen and oxygen atoms in total.